The van der Waals surface area contributed by atoms with Crippen LogP contribution in [0.3, 0.4) is 0 Å². The van der Waals surface area contributed by atoms with Gasteiger partial charge in [0.1, 0.15) is 5.75 Å². The third kappa shape index (κ3) is 9.45. The normalized spacial score (nSPS) is 11.6. The summed E-state index contributed by atoms with van der Waals surface area (Å²) in [6.07, 6.45) is 7.44. The first-order valence-electron chi connectivity index (χ1n) is 17.6. The van der Waals surface area contributed by atoms with Crippen LogP contribution in [0.15, 0.2) is 146 Å². The minimum absolute atomic E-state index is 0.933. The zero-order valence-electron chi connectivity index (χ0n) is 28.5. The first kappa shape index (κ1) is 35.1. The van der Waals surface area contributed by atoms with Crippen LogP contribution in [0.5, 0.6) is 5.75 Å². The standard InChI is InChI=1S/C42H51NOP2Si/c1-4-7-33-47(34-8-5-2,35-9-6-3)44-38-24-22-23-37(36-38)43(45(39-25-14-10-15-26-39)40-27-16-11-17-28-40)46(41-29-18-12-19-30-41)42-31-20-13-21-32-42/h10-32,36H,4-9,33-35H2,1-3H3. The molecule has 0 spiro atoms. The fourth-order valence-corrected chi connectivity index (χ4v) is 16.9. The van der Waals surface area contributed by atoms with Crippen LogP contribution in [-0.4, -0.2) is 8.32 Å². The Morgan fingerprint density at radius 2 is 0.830 bits per heavy atom. The van der Waals surface area contributed by atoms with Crippen molar-refractivity contribution in [2.45, 2.75) is 77.4 Å². The van der Waals surface area contributed by atoms with Crippen molar-refractivity contribution in [3.8, 4) is 5.75 Å². The Morgan fingerprint density at radius 1 is 0.468 bits per heavy atom. The number of unbranched alkanes of at least 4 members (excludes halogenated alkanes) is 3. The van der Waals surface area contributed by atoms with Crippen LogP contribution in [0, 0.1) is 0 Å². The molecule has 0 heterocycles. The van der Waals surface area contributed by atoms with Crippen molar-refractivity contribution in [1.29, 1.82) is 0 Å². The van der Waals surface area contributed by atoms with Gasteiger partial charge < -0.3 is 8.87 Å². The summed E-state index contributed by atoms with van der Waals surface area (Å²) in [5.74, 6) is 1.05. The lowest BCUT2D eigenvalue weighted by atomic mass is 10.3. The monoisotopic (exact) mass is 675 g/mol. The van der Waals surface area contributed by atoms with Crippen molar-refractivity contribution in [3.05, 3.63) is 146 Å². The molecular weight excluding hydrogens is 625 g/mol. The molecule has 47 heavy (non-hydrogen) atoms. The van der Waals surface area contributed by atoms with Crippen LogP contribution in [0.4, 0.5) is 5.69 Å². The molecule has 5 aromatic rings. The second-order valence-corrected chi connectivity index (χ2v) is 20.8. The third-order valence-electron chi connectivity index (χ3n) is 8.72. The zero-order chi connectivity index (χ0) is 32.7. The van der Waals surface area contributed by atoms with Gasteiger partial charge >= 0.3 is 0 Å². The molecule has 0 aliphatic rings. The van der Waals surface area contributed by atoms with Gasteiger partial charge in [-0.25, -0.2) is 0 Å². The lowest BCUT2D eigenvalue weighted by Gasteiger charge is -2.41. The molecule has 0 bridgehead atoms. The smallest absolute Gasteiger partial charge is 0.251 e. The van der Waals surface area contributed by atoms with Crippen molar-refractivity contribution < 1.29 is 4.43 Å². The summed E-state index contributed by atoms with van der Waals surface area (Å²) in [7, 11) is -3.84. The van der Waals surface area contributed by atoms with Crippen LogP contribution in [0.1, 0.15) is 59.3 Å². The van der Waals surface area contributed by atoms with Gasteiger partial charge in [-0.1, -0.05) is 187 Å². The maximum absolute atomic E-state index is 7.41. The second kappa shape index (κ2) is 18.4. The number of hydrogen-bond acceptors (Lipinski definition) is 2. The molecule has 0 aliphatic carbocycles. The van der Waals surface area contributed by atoms with E-state index < -0.39 is 24.5 Å². The van der Waals surface area contributed by atoms with Gasteiger partial charge in [-0.2, -0.15) is 0 Å². The molecule has 5 rings (SSSR count). The molecule has 0 N–H and O–H groups in total. The molecule has 5 heteroatoms. The molecule has 0 aromatic heterocycles. The van der Waals surface area contributed by atoms with E-state index in [9.17, 15) is 0 Å². The fourth-order valence-electron chi connectivity index (χ4n) is 6.28. The van der Waals surface area contributed by atoms with Crippen LogP contribution < -0.4 is 30.1 Å². The van der Waals surface area contributed by atoms with Gasteiger partial charge in [-0.05, 0) is 30.3 Å². The Kier molecular flexibility index (Phi) is 13.7. The van der Waals surface area contributed by atoms with Crippen molar-refractivity contribution in [3.63, 3.8) is 0 Å². The molecule has 0 amide bonds. The van der Waals surface area contributed by atoms with Crippen molar-refractivity contribution in [2.24, 2.45) is 0 Å². The van der Waals surface area contributed by atoms with Crippen molar-refractivity contribution in [2.75, 3.05) is 4.44 Å². The molecular formula is C42H51NOP2Si. The average molecular weight is 676 g/mol. The molecule has 0 saturated heterocycles. The third-order valence-corrected chi connectivity index (χ3v) is 18.6. The van der Waals surface area contributed by atoms with Gasteiger partial charge in [-0.15, -0.1) is 0 Å². The number of rotatable bonds is 18. The largest absolute Gasteiger partial charge is 0.543 e. The highest BCUT2D eigenvalue weighted by molar-refractivity contribution is 7.90. The van der Waals surface area contributed by atoms with E-state index in [2.05, 4.69) is 171 Å². The van der Waals surface area contributed by atoms with E-state index in [1.54, 1.807) is 0 Å². The molecule has 244 valence electrons. The van der Waals surface area contributed by atoms with E-state index >= 15 is 0 Å². The van der Waals surface area contributed by atoms with Gasteiger partial charge in [0.2, 0.25) is 0 Å². The van der Waals surface area contributed by atoms with Gasteiger partial charge in [0, 0.05) is 33.0 Å². The molecule has 0 saturated carbocycles. The summed E-state index contributed by atoms with van der Waals surface area (Å²) in [6.45, 7) is 6.96. The van der Waals surface area contributed by atoms with E-state index in [0.717, 1.165) is 5.75 Å². The summed E-state index contributed by atoms with van der Waals surface area (Å²) in [6, 6.07) is 57.5. The molecule has 0 fully saturated rings. The topological polar surface area (TPSA) is 12.5 Å². The molecule has 5 aromatic carbocycles. The van der Waals surface area contributed by atoms with E-state index in [1.807, 2.05) is 0 Å². The average Bonchev–Trinajstić information content (AvgIpc) is 3.14. The quantitative estimate of drug-likeness (QED) is 0.0677. The Hall–Kier alpha value is -3.22. The molecule has 2 nitrogen and oxygen atoms in total. The van der Waals surface area contributed by atoms with Gasteiger partial charge in [0.15, 0.2) is 0 Å². The Balaban J connectivity index is 1.71. The summed E-state index contributed by atoms with van der Waals surface area (Å²) in [5, 5.41) is 5.38. The molecule has 0 aliphatic heterocycles. The van der Waals surface area contributed by atoms with Gasteiger partial charge in [-0.3, -0.25) is 0 Å². The van der Waals surface area contributed by atoms with Crippen LogP contribution in [0.2, 0.25) is 18.1 Å². The van der Waals surface area contributed by atoms with E-state index in [1.165, 1.54) is 83.6 Å². The van der Waals surface area contributed by atoms with Crippen LogP contribution in [0.25, 0.3) is 0 Å². The fraction of sp³-hybridized carbons (Fsp3) is 0.286. The Bertz CT molecular complexity index is 1400. The number of anilines is 1. The Labute approximate surface area is 288 Å². The van der Waals surface area contributed by atoms with E-state index in [0.29, 0.717) is 0 Å². The van der Waals surface area contributed by atoms with Crippen molar-refractivity contribution in [1.82, 2.24) is 0 Å². The van der Waals surface area contributed by atoms with Gasteiger partial charge in [0.25, 0.3) is 8.32 Å². The first-order valence-corrected chi connectivity index (χ1v) is 22.7. The zero-order valence-corrected chi connectivity index (χ0v) is 31.3. The number of benzene rings is 5. The first-order chi connectivity index (χ1) is 23.2. The summed E-state index contributed by atoms with van der Waals surface area (Å²) < 4.78 is 10.2. The highest BCUT2D eigenvalue weighted by Gasteiger charge is 2.36. The van der Waals surface area contributed by atoms with Crippen LogP contribution in [-0.2, 0) is 0 Å². The summed E-state index contributed by atoms with van der Waals surface area (Å²) >= 11 is 0. The van der Waals surface area contributed by atoms with E-state index in [4.69, 9.17) is 4.43 Å². The van der Waals surface area contributed by atoms with E-state index in [-0.39, 0.29) is 0 Å². The lowest BCUT2D eigenvalue weighted by Crippen LogP contribution is -2.41. The second-order valence-electron chi connectivity index (χ2n) is 12.3. The molecule has 0 radical (unpaired) electrons. The SMILES string of the molecule is CCCC[Si](CCCC)(CCCC)Oc1cccc(N(P(c2ccccc2)c2ccccc2)P(c2ccccc2)c2ccccc2)c1. The van der Waals surface area contributed by atoms with Gasteiger partial charge in [0.05, 0.1) is 16.1 Å². The highest BCUT2D eigenvalue weighted by atomic mass is 31.2. The maximum Gasteiger partial charge on any atom is 0.251 e. The van der Waals surface area contributed by atoms with Crippen LogP contribution >= 0.6 is 16.1 Å². The molecule has 0 unspecified atom stereocenters. The highest BCUT2D eigenvalue weighted by Crippen LogP contribution is 2.57. The minimum atomic E-state index is -1.98. The predicted molar refractivity (Wildman–Crippen MR) is 213 cm³/mol. The maximum atomic E-state index is 7.41. The predicted octanol–water partition coefficient (Wildman–Crippen LogP) is 11.3. The molecule has 0 atom stereocenters. The Morgan fingerprint density at radius 3 is 1.17 bits per heavy atom. The number of nitrogens with zero attached hydrogens (tertiary/aromatic N) is 1. The minimum Gasteiger partial charge on any atom is -0.543 e. The summed E-state index contributed by atoms with van der Waals surface area (Å²) in [5.41, 5.74) is 1.23. The number of hydrogen-bond donors (Lipinski definition) is 0. The van der Waals surface area contributed by atoms with Crippen molar-refractivity contribution >= 4 is 51.4 Å². The lowest BCUT2D eigenvalue weighted by molar-refractivity contribution is 0.511. The summed E-state index contributed by atoms with van der Waals surface area (Å²) in [4.78, 5) is 0.